The van der Waals surface area contributed by atoms with Crippen LogP contribution in [-0.4, -0.2) is 14.5 Å². The van der Waals surface area contributed by atoms with Crippen molar-refractivity contribution in [3.05, 3.63) is 34.6 Å². The van der Waals surface area contributed by atoms with Crippen LogP contribution in [0.15, 0.2) is 23.2 Å². The summed E-state index contributed by atoms with van der Waals surface area (Å²) in [6.45, 7) is 3.62. The minimum atomic E-state index is -0.636. The van der Waals surface area contributed by atoms with Crippen LogP contribution >= 0.6 is 15.9 Å². The van der Waals surface area contributed by atoms with Crippen molar-refractivity contribution in [3.63, 3.8) is 0 Å². The van der Waals surface area contributed by atoms with Gasteiger partial charge in [-0.2, -0.15) is 5.26 Å². The highest BCUT2D eigenvalue weighted by Crippen LogP contribution is 2.26. The van der Waals surface area contributed by atoms with E-state index in [4.69, 9.17) is 17.8 Å². The quantitative estimate of drug-likeness (QED) is 0.617. The number of rotatable bonds is 3. The number of benzene rings is 1. The molecule has 0 aliphatic rings. The van der Waals surface area contributed by atoms with E-state index in [1.807, 2.05) is 0 Å². The molecular weight excluding hydrogens is 260 g/mol. The minimum Gasteiger partial charge on any atom is -0.486 e. The summed E-state index contributed by atoms with van der Waals surface area (Å²) in [7, 11) is 5.55. The molecule has 2 radical (unpaired) electrons. The molecule has 0 aromatic heterocycles. The van der Waals surface area contributed by atoms with Gasteiger partial charge in [-0.1, -0.05) is 18.1 Å². The monoisotopic (exact) mass is 265 g/mol. The summed E-state index contributed by atoms with van der Waals surface area (Å²) in [5, 5.41) is 8.71. The van der Waals surface area contributed by atoms with Crippen molar-refractivity contribution in [1.29, 1.82) is 5.26 Å². The van der Waals surface area contributed by atoms with E-state index in [0.29, 0.717) is 0 Å². The Morgan fingerprint density at radius 1 is 1.73 bits per heavy atom. The summed E-state index contributed by atoms with van der Waals surface area (Å²) in [5.74, 6) is -0.638. The van der Waals surface area contributed by atoms with E-state index in [9.17, 15) is 4.39 Å². The normalized spacial score (nSPS) is 9.40. The third-order valence-corrected chi connectivity index (χ3v) is 2.42. The van der Waals surface area contributed by atoms with E-state index >= 15 is 0 Å². The Morgan fingerprint density at radius 2 is 2.40 bits per heavy atom. The first kappa shape index (κ1) is 11.8. The lowest BCUT2D eigenvalue weighted by Gasteiger charge is -2.09. The van der Waals surface area contributed by atoms with Gasteiger partial charge in [0.2, 0.25) is 0 Å². The zero-order valence-corrected chi connectivity index (χ0v) is 9.34. The second kappa shape index (κ2) is 4.99. The van der Waals surface area contributed by atoms with Gasteiger partial charge in [-0.05, 0) is 22.0 Å². The maximum atomic E-state index is 13.5. The van der Waals surface area contributed by atoms with Crippen molar-refractivity contribution in [1.82, 2.24) is 0 Å². The molecule has 0 heterocycles. The van der Waals surface area contributed by atoms with Gasteiger partial charge < -0.3 is 4.74 Å². The lowest BCUT2D eigenvalue weighted by Crippen LogP contribution is -2.12. The lowest BCUT2D eigenvalue weighted by molar-refractivity contribution is 0.341. The molecule has 2 nitrogen and oxygen atoms in total. The Bertz CT molecular complexity index is 442. The number of ether oxygens (including phenoxy) is 1. The molecule has 5 heteroatoms. The summed E-state index contributed by atoms with van der Waals surface area (Å²) >= 11 is 2.95. The van der Waals surface area contributed by atoms with Gasteiger partial charge in [0.1, 0.15) is 14.5 Å². The second-order valence-corrected chi connectivity index (χ2v) is 3.47. The molecule has 1 rings (SSSR count). The molecule has 0 aliphatic carbocycles. The molecule has 15 heavy (non-hydrogen) atoms. The first-order valence-electron chi connectivity index (χ1n) is 4.03. The zero-order chi connectivity index (χ0) is 11.4. The average molecular weight is 266 g/mol. The molecule has 0 amide bonds. The highest BCUT2D eigenvalue weighted by molar-refractivity contribution is 9.10. The Kier molecular flexibility index (Phi) is 3.92. The Morgan fingerprint density at radius 3 is 2.93 bits per heavy atom. The molecule has 1 aromatic rings. The lowest BCUT2D eigenvalue weighted by atomic mass is 9.91. The minimum absolute atomic E-state index is 0.00160. The molecule has 0 saturated carbocycles. The van der Waals surface area contributed by atoms with Crippen LogP contribution in [0.3, 0.4) is 0 Å². The van der Waals surface area contributed by atoms with Crippen molar-refractivity contribution in [2.24, 2.45) is 0 Å². The first-order valence-corrected chi connectivity index (χ1v) is 4.82. The molecule has 0 atom stereocenters. The number of hydrogen-bond acceptors (Lipinski definition) is 2. The van der Waals surface area contributed by atoms with Crippen molar-refractivity contribution < 1.29 is 9.13 Å². The van der Waals surface area contributed by atoms with Gasteiger partial charge in [-0.25, -0.2) is 4.39 Å². The van der Waals surface area contributed by atoms with E-state index in [2.05, 4.69) is 22.5 Å². The Hall–Kier alpha value is -1.28. The van der Waals surface area contributed by atoms with E-state index in [1.165, 1.54) is 12.1 Å². The van der Waals surface area contributed by atoms with Crippen molar-refractivity contribution in [3.8, 4) is 11.8 Å². The van der Waals surface area contributed by atoms with Gasteiger partial charge in [0.25, 0.3) is 0 Å². The van der Waals surface area contributed by atoms with Crippen LogP contribution in [0.4, 0.5) is 4.39 Å². The van der Waals surface area contributed by atoms with Crippen LogP contribution in [0, 0.1) is 17.1 Å². The highest BCUT2D eigenvalue weighted by atomic mass is 79.9. The zero-order valence-electron chi connectivity index (χ0n) is 7.76. The van der Waals surface area contributed by atoms with Crippen LogP contribution in [-0.2, 0) is 0 Å². The van der Waals surface area contributed by atoms with E-state index in [1.54, 1.807) is 6.07 Å². The molecule has 0 unspecified atom stereocenters. The summed E-state index contributed by atoms with van der Waals surface area (Å²) in [5.41, 5.74) is 0.239. The van der Waals surface area contributed by atoms with Crippen LogP contribution in [0.1, 0.15) is 5.56 Å². The molecule has 0 bridgehead atoms. The van der Waals surface area contributed by atoms with Gasteiger partial charge in [0, 0.05) is 0 Å². The predicted molar refractivity (Wildman–Crippen MR) is 59.9 cm³/mol. The Balaban J connectivity index is 3.22. The van der Waals surface area contributed by atoms with Crippen molar-refractivity contribution in [2.75, 3.05) is 6.61 Å². The standard InChI is InChI=1S/C10H6BBrFNO/c1-2-3-15-8-4-7(11)6(5-14)9(12)10(8)13/h2,4H,1,3H2. The van der Waals surface area contributed by atoms with Crippen LogP contribution in [0.25, 0.3) is 0 Å². The largest absolute Gasteiger partial charge is 0.486 e. The fourth-order valence-corrected chi connectivity index (χ4v) is 1.50. The molecule has 0 N–H and O–H groups in total. The third kappa shape index (κ3) is 2.39. The molecule has 1 aromatic carbocycles. The highest BCUT2D eigenvalue weighted by Gasteiger charge is 2.14. The number of halogens is 2. The topological polar surface area (TPSA) is 33.0 Å². The van der Waals surface area contributed by atoms with Crippen molar-refractivity contribution >= 4 is 29.2 Å². The summed E-state index contributed by atoms with van der Waals surface area (Å²) in [4.78, 5) is 0. The predicted octanol–water partition coefficient (Wildman–Crippen LogP) is 1.82. The number of hydrogen-bond donors (Lipinski definition) is 0. The summed E-state index contributed by atoms with van der Waals surface area (Å²) < 4.78 is 18.6. The van der Waals surface area contributed by atoms with Gasteiger partial charge in [0.15, 0.2) is 11.6 Å². The second-order valence-electron chi connectivity index (χ2n) is 2.68. The molecule has 0 spiro atoms. The summed E-state index contributed by atoms with van der Waals surface area (Å²) in [6.07, 6.45) is 1.49. The van der Waals surface area contributed by atoms with Crippen molar-refractivity contribution in [2.45, 2.75) is 0 Å². The first-order chi connectivity index (χ1) is 7.11. The van der Waals surface area contributed by atoms with Gasteiger partial charge >= 0.3 is 0 Å². The Labute approximate surface area is 96.9 Å². The van der Waals surface area contributed by atoms with Crippen LogP contribution in [0.5, 0.6) is 5.75 Å². The van der Waals surface area contributed by atoms with Gasteiger partial charge in [-0.3, -0.25) is 0 Å². The molecule has 74 valence electrons. The third-order valence-electron chi connectivity index (χ3n) is 1.67. The van der Waals surface area contributed by atoms with Crippen LogP contribution in [0.2, 0.25) is 0 Å². The van der Waals surface area contributed by atoms with Gasteiger partial charge in [-0.15, -0.1) is 0 Å². The molecule has 0 aliphatic heterocycles. The van der Waals surface area contributed by atoms with E-state index in [-0.39, 0.29) is 27.9 Å². The van der Waals surface area contributed by atoms with E-state index < -0.39 is 5.82 Å². The average Bonchev–Trinajstić information content (AvgIpc) is 2.22. The number of nitrogens with zero attached hydrogens (tertiary/aromatic N) is 1. The van der Waals surface area contributed by atoms with E-state index in [0.717, 1.165) is 0 Å². The smallest absolute Gasteiger partial charge is 0.180 e. The number of nitriles is 1. The van der Waals surface area contributed by atoms with Gasteiger partial charge in [0.05, 0.1) is 16.1 Å². The molecule has 0 saturated heterocycles. The maximum absolute atomic E-state index is 13.5. The molecule has 0 fully saturated rings. The SMILES string of the molecule is [B]c1cc(OCC=C)c(F)c(Br)c1C#N. The fraction of sp³-hybridized carbons (Fsp3) is 0.100. The molecular formula is C10H6BBrFNO. The fourth-order valence-electron chi connectivity index (χ4n) is 0.989. The van der Waals surface area contributed by atoms with Crippen LogP contribution < -0.4 is 10.2 Å². The maximum Gasteiger partial charge on any atom is 0.180 e. The summed E-state index contributed by atoms with van der Waals surface area (Å²) in [6, 6.07) is 3.08.